The van der Waals surface area contributed by atoms with Gasteiger partial charge in [-0.1, -0.05) is 32.6 Å². The van der Waals surface area contributed by atoms with E-state index in [9.17, 15) is 9.90 Å². The normalized spacial score (nSPS) is 19.9. The smallest absolute Gasteiger partial charge is 0.326 e. The van der Waals surface area contributed by atoms with Gasteiger partial charge in [-0.15, -0.1) is 0 Å². The maximum atomic E-state index is 11.4. The fourth-order valence-electron chi connectivity index (χ4n) is 2.09. The summed E-state index contributed by atoms with van der Waals surface area (Å²) in [4.78, 5) is 11.4. The highest BCUT2D eigenvalue weighted by atomic mass is 16.5. The van der Waals surface area contributed by atoms with Crippen LogP contribution in [-0.2, 0) is 9.53 Å². The van der Waals surface area contributed by atoms with Crippen LogP contribution in [0.4, 0.5) is 0 Å². The summed E-state index contributed by atoms with van der Waals surface area (Å²) in [6.45, 7) is 6.19. The van der Waals surface area contributed by atoms with Gasteiger partial charge < -0.3 is 9.84 Å². The second kappa shape index (κ2) is 7.85. The van der Waals surface area contributed by atoms with Crippen molar-refractivity contribution in [2.24, 2.45) is 0 Å². The molecule has 1 rings (SSSR count). The van der Waals surface area contributed by atoms with Gasteiger partial charge in [-0.05, 0) is 33.1 Å². The highest BCUT2D eigenvalue weighted by Crippen LogP contribution is 2.23. The summed E-state index contributed by atoms with van der Waals surface area (Å²) in [5, 5.41) is 12.5. The van der Waals surface area contributed by atoms with Gasteiger partial charge in [0.05, 0.1) is 12.7 Å². The van der Waals surface area contributed by atoms with E-state index in [0.717, 1.165) is 25.7 Å². The minimum absolute atomic E-state index is 0.136. The van der Waals surface area contributed by atoms with E-state index in [2.05, 4.69) is 12.2 Å². The monoisotopic (exact) mass is 271 g/mol. The molecule has 0 heterocycles. The molecule has 4 heteroatoms. The minimum atomic E-state index is -0.946. The number of unbranched alkanes of at least 4 members (excludes halogenated alkanes) is 3. The molecule has 0 bridgehead atoms. The highest BCUT2D eigenvalue weighted by molar-refractivity contribution is 5.78. The molecule has 0 aromatic rings. The second-order valence-electron chi connectivity index (χ2n) is 6.03. The van der Waals surface area contributed by atoms with E-state index in [4.69, 9.17) is 4.74 Å². The van der Waals surface area contributed by atoms with Crippen LogP contribution >= 0.6 is 0 Å². The zero-order valence-electron chi connectivity index (χ0n) is 12.6. The number of carboxylic acid groups (broad SMARTS) is 1. The first-order valence-electron chi connectivity index (χ1n) is 7.60. The summed E-state index contributed by atoms with van der Waals surface area (Å²) < 4.78 is 5.73. The van der Waals surface area contributed by atoms with Gasteiger partial charge in [0, 0.05) is 6.04 Å². The lowest BCUT2D eigenvalue weighted by molar-refractivity contribution is -0.148. The minimum Gasteiger partial charge on any atom is -0.480 e. The van der Waals surface area contributed by atoms with Crippen molar-refractivity contribution in [3.63, 3.8) is 0 Å². The molecular weight excluding hydrogens is 242 g/mol. The van der Waals surface area contributed by atoms with Gasteiger partial charge in [0.15, 0.2) is 0 Å². The molecule has 4 nitrogen and oxygen atoms in total. The Bertz CT molecular complexity index is 279. The molecule has 1 fully saturated rings. The van der Waals surface area contributed by atoms with Crippen molar-refractivity contribution in [2.75, 3.05) is 6.61 Å². The molecule has 0 saturated heterocycles. The van der Waals surface area contributed by atoms with Gasteiger partial charge >= 0.3 is 5.97 Å². The summed E-state index contributed by atoms with van der Waals surface area (Å²) in [5.41, 5.74) is -0.946. The molecule has 2 atom stereocenters. The third-order valence-corrected chi connectivity index (χ3v) is 3.69. The predicted molar refractivity (Wildman–Crippen MR) is 76.4 cm³/mol. The number of hydrogen-bond acceptors (Lipinski definition) is 3. The van der Waals surface area contributed by atoms with Crippen LogP contribution in [0.1, 0.15) is 65.7 Å². The van der Waals surface area contributed by atoms with Crippen LogP contribution in [0.15, 0.2) is 0 Å². The molecule has 0 aliphatic heterocycles. The lowest BCUT2D eigenvalue weighted by atomic mass is 10.0. The first-order chi connectivity index (χ1) is 8.98. The quantitative estimate of drug-likeness (QED) is 0.567. The zero-order chi connectivity index (χ0) is 14.3. The number of nitrogens with one attached hydrogen (secondary N) is 1. The van der Waals surface area contributed by atoms with Crippen molar-refractivity contribution in [3.8, 4) is 0 Å². The Hall–Kier alpha value is -0.610. The van der Waals surface area contributed by atoms with Crippen LogP contribution in [0.5, 0.6) is 0 Å². The average Bonchev–Trinajstić information content (AvgIpc) is 3.16. The Morgan fingerprint density at radius 3 is 2.63 bits per heavy atom. The first kappa shape index (κ1) is 16.4. The number of hydrogen-bond donors (Lipinski definition) is 2. The maximum absolute atomic E-state index is 11.4. The Balaban J connectivity index is 2.24. The van der Waals surface area contributed by atoms with Gasteiger partial charge in [0.1, 0.15) is 5.54 Å². The second-order valence-corrected chi connectivity index (χ2v) is 6.03. The molecule has 0 amide bonds. The van der Waals surface area contributed by atoms with Crippen molar-refractivity contribution >= 4 is 5.97 Å². The summed E-state index contributed by atoms with van der Waals surface area (Å²) in [6.07, 6.45) is 8.21. The molecule has 112 valence electrons. The fourth-order valence-corrected chi connectivity index (χ4v) is 2.09. The lowest BCUT2D eigenvalue weighted by Gasteiger charge is -2.28. The Kier molecular flexibility index (Phi) is 6.80. The Labute approximate surface area is 116 Å². The highest BCUT2D eigenvalue weighted by Gasteiger charge is 2.39. The van der Waals surface area contributed by atoms with Gasteiger partial charge in [-0.3, -0.25) is 10.1 Å². The van der Waals surface area contributed by atoms with Gasteiger partial charge in [-0.2, -0.15) is 0 Å². The van der Waals surface area contributed by atoms with Crippen LogP contribution in [0.25, 0.3) is 0 Å². The van der Waals surface area contributed by atoms with Crippen molar-refractivity contribution in [1.82, 2.24) is 5.32 Å². The molecule has 0 spiro atoms. The van der Waals surface area contributed by atoms with Crippen LogP contribution < -0.4 is 5.32 Å². The summed E-state index contributed by atoms with van der Waals surface area (Å²) in [7, 11) is 0. The Morgan fingerprint density at radius 2 is 2.11 bits per heavy atom. The topological polar surface area (TPSA) is 58.6 Å². The summed E-state index contributed by atoms with van der Waals surface area (Å²) in [6, 6.07) is 0.365. The van der Waals surface area contributed by atoms with Crippen LogP contribution in [0.2, 0.25) is 0 Å². The molecule has 19 heavy (non-hydrogen) atoms. The predicted octanol–water partition coefficient (Wildman–Crippen LogP) is 2.96. The molecular formula is C15H29NO3. The molecule has 2 unspecified atom stereocenters. The summed E-state index contributed by atoms with van der Waals surface area (Å²) >= 11 is 0. The van der Waals surface area contributed by atoms with Gasteiger partial charge in [0.25, 0.3) is 0 Å². The first-order valence-corrected chi connectivity index (χ1v) is 7.60. The number of ether oxygens (including phenoxy) is 1. The molecule has 2 N–H and O–H groups in total. The van der Waals surface area contributed by atoms with Crippen molar-refractivity contribution in [3.05, 3.63) is 0 Å². The van der Waals surface area contributed by atoms with E-state index < -0.39 is 11.5 Å². The summed E-state index contributed by atoms with van der Waals surface area (Å²) in [5.74, 6) is -0.822. The molecule has 1 aliphatic rings. The number of carboxylic acids is 1. The van der Waals surface area contributed by atoms with E-state index >= 15 is 0 Å². The van der Waals surface area contributed by atoms with E-state index in [-0.39, 0.29) is 12.7 Å². The molecule has 0 radical (unpaired) electrons. The van der Waals surface area contributed by atoms with E-state index in [0.29, 0.717) is 6.04 Å². The average molecular weight is 271 g/mol. The fraction of sp³-hybridized carbons (Fsp3) is 0.933. The van der Waals surface area contributed by atoms with E-state index in [1.165, 1.54) is 19.3 Å². The lowest BCUT2D eigenvalue weighted by Crippen LogP contribution is -2.54. The number of rotatable bonds is 11. The largest absolute Gasteiger partial charge is 0.480 e. The molecule has 0 aromatic heterocycles. The zero-order valence-corrected chi connectivity index (χ0v) is 12.6. The van der Waals surface area contributed by atoms with Crippen LogP contribution in [0.3, 0.4) is 0 Å². The third-order valence-electron chi connectivity index (χ3n) is 3.69. The van der Waals surface area contributed by atoms with E-state index in [1.54, 1.807) is 6.92 Å². The molecule has 1 saturated carbocycles. The Morgan fingerprint density at radius 1 is 1.42 bits per heavy atom. The molecule has 0 aromatic carbocycles. The number of carbonyl (C=O) groups is 1. The SMILES string of the molecule is CCCCCCC(C)OCC(C)(NC1CC1)C(=O)O. The van der Waals surface area contributed by atoms with E-state index in [1.807, 2.05) is 6.92 Å². The van der Waals surface area contributed by atoms with Crippen LogP contribution in [0, 0.1) is 0 Å². The van der Waals surface area contributed by atoms with Crippen molar-refractivity contribution in [2.45, 2.75) is 83.4 Å². The van der Waals surface area contributed by atoms with Gasteiger partial charge in [-0.25, -0.2) is 0 Å². The maximum Gasteiger partial charge on any atom is 0.326 e. The van der Waals surface area contributed by atoms with Crippen molar-refractivity contribution in [1.29, 1.82) is 0 Å². The molecule has 1 aliphatic carbocycles. The standard InChI is InChI=1S/C15H29NO3/c1-4-5-6-7-8-12(2)19-11-15(3,14(17)18)16-13-9-10-13/h12-13,16H,4-11H2,1-3H3,(H,17,18). The van der Waals surface area contributed by atoms with Gasteiger partial charge in [0.2, 0.25) is 0 Å². The van der Waals surface area contributed by atoms with Crippen molar-refractivity contribution < 1.29 is 14.6 Å². The number of aliphatic carboxylic acids is 1. The third kappa shape index (κ3) is 6.39. The van der Waals surface area contributed by atoms with Crippen LogP contribution in [-0.4, -0.2) is 35.4 Å².